The van der Waals surface area contributed by atoms with Gasteiger partial charge in [-0.25, -0.2) is 0 Å². The van der Waals surface area contributed by atoms with Gasteiger partial charge in [-0.15, -0.1) is 11.8 Å². The molecule has 3 heteroatoms. The third-order valence-electron chi connectivity index (χ3n) is 2.35. The van der Waals surface area contributed by atoms with Crippen molar-refractivity contribution < 1.29 is 5.11 Å². The highest BCUT2D eigenvalue weighted by molar-refractivity contribution is 7.99. The molecule has 84 valence electrons. The van der Waals surface area contributed by atoms with Crippen LogP contribution in [0, 0.1) is 5.92 Å². The average molecular weight is 225 g/mol. The molecule has 0 heterocycles. The van der Waals surface area contributed by atoms with Crippen LogP contribution in [0.5, 0.6) is 0 Å². The van der Waals surface area contributed by atoms with Crippen molar-refractivity contribution in [3.63, 3.8) is 0 Å². The Labute approximate surface area is 95.9 Å². The molecule has 0 aliphatic heterocycles. The Morgan fingerprint density at radius 2 is 2.00 bits per heavy atom. The van der Waals surface area contributed by atoms with Gasteiger partial charge in [-0.2, -0.15) is 0 Å². The van der Waals surface area contributed by atoms with E-state index in [0.29, 0.717) is 6.54 Å². The van der Waals surface area contributed by atoms with E-state index < -0.39 is 0 Å². The molecule has 0 fully saturated rings. The van der Waals surface area contributed by atoms with Crippen molar-refractivity contribution in [1.29, 1.82) is 0 Å². The maximum atomic E-state index is 9.04. The van der Waals surface area contributed by atoms with Crippen molar-refractivity contribution in [1.82, 2.24) is 0 Å². The van der Waals surface area contributed by atoms with E-state index >= 15 is 0 Å². The summed E-state index contributed by atoms with van der Waals surface area (Å²) in [7, 11) is 0. The normalized spacial score (nSPS) is 12.7. The molecule has 0 aromatic heterocycles. The first kappa shape index (κ1) is 12.6. The van der Waals surface area contributed by atoms with Crippen molar-refractivity contribution in [3.8, 4) is 0 Å². The van der Waals surface area contributed by atoms with E-state index in [0.717, 1.165) is 12.2 Å². The van der Waals surface area contributed by atoms with Gasteiger partial charge in [0, 0.05) is 11.5 Å². The van der Waals surface area contributed by atoms with E-state index in [9.17, 15) is 0 Å². The SMILES string of the molecule is CCSc1ccc(CC(CN)CO)cc1. The van der Waals surface area contributed by atoms with Gasteiger partial charge in [-0.05, 0) is 42.3 Å². The first-order valence-corrected chi connectivity index (χ1v) is 6.31. The maximum absolute atomic E-state index is 9.04. The molecule has 0 radical (unpaired) electrons. The summed E-state index contributed by atoms with van der Waals surface area (Å²) in [6.45, 7) is 2.86. The van der Waals surface area contributed by atoms with Crippen LogP contribution in [0.15, 0.2) is 29.2 Å². The molecule has 0 bridgehead atoms. The minimum atomic E-state index is 0.169. The number of nitrogens with two attached hydrogens (primary N) is 1. The van der Waals surface area contributed by atoms with Crippen LogP contribution in [0.1, 0.15) is 12.5 Å². The second-order valence-corrected chi connectivity index (χ2v) is 4.90. The van der Waals surface area contributed by atoms with Gasteiger partial charge in [-0.1, -0.05) is 19.1 Å². The summed E-state index contributed by atoms with van der Waals surface area (Å²) in [5.41, 5.74) is 6.79. The van der Waals surface area contributed by atoms with Crippen molar-refractivity contribution in [3.05, 3.63) is 29.8 Å². The van der Waals surface area contributed by atoms with Crippen molar-refractivity contribution in [2.24, 2.45) is 11.7 Å². The summed E-state index contributed by atoms with van der Waals surface area (Å²) >= 11 is 1.84. The molecule has 0 spiro atoms. The topological polar surface area (TPSA) is 46.2 Å². The fourth-order valence-corrected chi connectivity index (χ4v) is 2.11. The maximum Gasteiger partial charge on any atom is 0.0474 e. The number of benzene rings is 1. The highest BCUT2D eigenvalue weighted by Gasteiger charge is 2.05. The number of thioether (sulfide) groups is 1. The Balaban J connectivity index is 2.55. The zero-order valence-electron chi connectivity index (χ0n) is 9.15. The molecule has 1 aromatic carbocycles. The largest absolute Gasteiger partial charge is 0.396 e. The molecular formula is C12H19NOS. The van der Waals surface area contributed by atoms with Gasteiger partial charge >= 0.3 is 0 Å². The Kier molecular flexibility index (Phi) is 5.76. The van der Waals surface area contributed by atoms with Crippen LogP contribution in [-0.4, -0.2) is 24.0 Å². The molecule has 1 rings (SSSR count). The molecule has 0 aliphatic rings. The summed E-state index contributed by atoms with van der Waals surface area (Å²) in [5, 5.41) is 9.04. The van der Waals surface area contributed by atoms with Gasteiger partial charge in [0.2, 0.25) is 0 Å². The monoisotopic (exact) mass is 225 g/mol. The fourth-order valence-electron chi connectivity index (χ4n) is 1.44. The molecule has 2 nitrogen and oxygen atoms in total. The molecule has 0 saturated carbocycles. The second kappa shape index (κ2) is 6.88. The predicted octanol–water partition coefficient (Wildman–Crippen LogP) is 1.91. The number of aliphatic hydroxyl groups excluding tert-OH is 1. The van der Waals surface area contributed by atoms with Crippen molar-refractivity contribution in [2.75, 3.05) is 18.9 Å². The standard InChI is InChI=1S/C12H19NOS/c1-2-15-12-5-3-10(4-6-12)7-11(8-13)9-14/h3-6,11,14H,2,7-9,13H2,1H3. The summed E-state index contributed by atoms with van der Waals surface area (Å²) in [5.74, 6) is 1.29. The van der Waals surface area contributed by atoms with Crippen LogP contribution in [0.3, 0.4) is 0 Å². The first-order chi connectivity index (χ1) is 7.30. The van der Waals surface area contributed by atoms with Crippen LogP contribution in [0.25, 0.3) is 0 Å². The van der Waals surface area contributed by atoms with E-state index in [4.69, 9.17) is 10.8 Å². The average Bonchev–Trinajstić information content (AvgIpc) is 2.28. The summed E-state index contributed by atoms with van der Waals surface area (Å²) in [6, 6.07) is 8.51. The van der Waals surface area contributed by atoms with E-state index in [2.05, 4.69) is 31.2 Å². The van der Waals surface area contributed by atoms with Crippen LogP contribution in [0.4, 0.5) is 0 Å². The Morgan fingerprint density at radius 1 is 1.33 bits per heavy atom. The molecule has 0 aliphatic carbocycles. The van der Waals surface area contributed by atoms with Gasteiger partial charge in [-0.3, -0.25) is 0 Å². The molecule has 0 saturated heterocycles. The van der Waals surface area contributed by atoms with Crippen molar-refractivity contribution in [2.45, 2.75) is 18.2 Å². The molecule has 15 heavy (non-hydrogen) atoms. The molecule has 3 N–H and O–H groups in total. The van der Waals surface area contributed by atoms with Crippen molar-refractivity contribution >= 4 is 11.8 Å². The van der Waals surface area contributed by atoms with E-state index in [1.165, 1.54) is 10.5 Å². The summed E-state index contributed by atoms with van der Waals surface area (Å²) < 4.78 is 0. The van der Waals surface area contributed by atoms with Crippen LogP contribution >= 0.6 is 11.8 Å². The fraction of sp³-hybridized carbons (Fsp3) is 0.500. The van der Waals surface area contributed by atoms with E-state index in [1.807, 2.05) is 11.8 Å². The lowest BCUT2D eigenvalue weighted by atomic mass is 10.0. The zero-order chi connectivity index (χ0) is 11.1. The van der Waals surface area contributed by atoms with E-state index in [-0.39, 0.29) is 12.5 Å². The van der Waals surface area contributed by atoms with Gasteiger partial charge < -0.3 is 10.8 Å². The van der Waals surface area contributed by atoms with Gasteiger partial charge in [0.15, 0.2) is 0 Å². The number of rotatable bonds is 6. The highest BCUT2D eigenvalue weighted by Crippen LogP contribution is 2.18. The van der Waals surface area contributed by atoms with Gasteiger partial charge in [0.05, 0.1) is 0 Å². The Hall–Kier alpha value is -0.510. The van der Waals surface area contributed by atoms with Gasteiger partial charge in [0.25, 0.3) is 0 Å². The molecule has 1 atom stereocenters. The van der Waals surface area contributed by atoms with Crippen LogP contribution in [0.2, 0.25) is 0 Å². The second-order valence-electron chi connectivity index (χ2n) is 3.57. The summed E-state index contributed by atoms with van der Waals surface area (Å²) in [6.07, 6.45) is 0.865. The number of hydrogen-bond donors (Lipinski definition) is 2. The van der Waals surface area contributed by atoms with Crippen LogP contribution in [-0.2, 0) is 6.42 Å². The molecule has 1 unspecified atom stereocenters. The minimum Gasteiger partial charge on any atom is -0.396 e. The van der Waals surface area contributed by atoms with E-state index in [1.54, 1.807) is 0 Å². The Bertz CT molecular complexity index is 269. The first-order valence-electron chi connectivity index (χ1n) is 5.32. The quantitative estimate of drug-likeness (QED) is 0.727. The minimum absolute atomic E-state index is 0.169. The smallest absolute Gasteiger partial charge is 0.0474 e. The van der Waals surface area contributed by atoms with Gasteiger partial charge in [0.1, 0.15) is 0 Å². The third-order valence-corrected chi connectivity index (χ3v) is 3.24. The lowest BCUT2D eigenvalue weighted by Crippen LogP contribution is -2.20. The zero-order valence-corrected chi connectivity index (χ0v) is 9.96. The number of hydrogen-bond acceptors (Lipinski definition) is 3. The molecule has 0 amide bonds. The number of aliphatic hydroxyl groups is 1. The summed E-state index contributed by atoms with van der Waals surface area (Å²) in [4.78, 5) is 1.30. The predicted molar refractivity (Wildman–Crippen MR) is 66.2 cm³/mol. The van der Waals surface area contributed by atoms with Crippen LogP contribution < -0.4 is 5.73 Å². The molecular weight excluding hydrogens is 206 g/mol. The third kappa shape index (κ3) is 4.24. The molecule has 1 aromatic rings. The lowest BCUT2D eigenvalue weighted by Gasteiger charge is -2.11. The Morgan fingerprint density at radius 3 is 2.47 bits per heavy atom. The highest BCUT2D eigenvalue weighted by atomic mass is 32.2. The lowest BCUT2D eigenvalue weighted by molar-refractivity contribution is 0.230.